The fraction of sp³-hybridized carbons (Fsp3) is 0.615. The first-order valence-electron chi connectivity index (χ1n) is 5.65. The van der Waals surface area contributed by atoms with E-state index in [1.54, 1.807) is 7.11 Å². The van der Waals surface area contributed by atoms with E-state index >= 15 is 0 Å². The fourth-order valence-electron chi connectivity index (χ4n) is 2.17. The molecule has 0 bridgehead atoms. The third-order valence-corrected chi connectivity index (χ3v) is 3.09. The SMILES string of the molecule is COCC(C(C)C)n1c(C)cc(C=O)c1C. The maximum absolute atomic E-state index is 10.9. The van der Waals surface area contributed by atoms with Crippen molar-refractivity contribution in [1.29, 1.82) is 0 Å². The molecule has 0 saturated heterocycles. The molecule has 0 aromatic carbocycles. The Labute approximate surface area is 97.4 Å². The molecule has 16 heavy (non-hydrogen) atoms. The molecule has 1 heterocycles. The quantitative estimate of drug-likeness (QED) is 0.719. The minimum Gasteiger partial charge on any atom is -0.383 e. The summed E-state index contributed by atoms with van der Waals surface area (Å²) in [6.45, 7) is 9.03. The lowest BCUT2D eigenvalue weighted by molar-refractivity contribution is 0.112. The Morgan fingerprint density at radius 1 is 1.44 bits per heavy atom. The minimum absolute atomic E-state index is 0.290. The molecule has 3 nitrogen and oxygen atoms in total. The molecule has 0 fully saturated rings. The average molecular weight is 223 g/mol. The van der Waals surface area contributed by atoms with Gasteiger partial charge in [0, 0.05) is 24.1 Å². The van der Waals surface area contributed by atoms with Gasteiger partial charge < -0.3 is 9.30 Å². The Morgan fingerprint density at radius 3 is 2.44 bits per heavy atom. The first-order chi connectivity index (χ1) is 7.52. The van der Waals surface area contributed by atoms with E-state index in [1.807, 2.05) is 19.9 Å². The number of rotatable bonds is 5. The smallest absolute Gasteiger partial charge is 0.151 e. The zero-order valence-corrected chi connectivity index (χ0v) is 10.8. The standard InChI is InChI=1S/C13H21NO2/c1-9(2)13(8-16-5)14-10(3)6-12(7-15)11(14)4/h6-7,9,13H,8H2,1-5H3. The predicted molar refractivity (Wildman–Crippen MR) is 65.0 cm³/mol. The molecule has 1 aromatic rings. The molecule has 0 aliphatic heterocycles. The van der Waals surface area contributed by atoms with Gasteiger partial charge in [-0.1, -0.05) is 13.8 Å². The largest absolute Gasteiger partial charge is 0.383 e. The highest BCUT2D eigenvalue weighted by Crippen LogP contribution is 2.25. The second kappa shape index (κ2) is 5.30. The van der Waals surface area contributed by atoms with Gasteiger partial charge in [-0.2, -0.15) is 0 Å². The summed E-state index contributed by atoms with van der Waals surface area (Å²) < 4.78 is 7.47. The summed E-state index contributed by atoms with van der Waals surface area (Å²) in [6, 6.07) is 2.23. The molecule has 1 atom stereocenters. The number of hydrogen-bond donors (Lipinski definition) is 0. The van der Waals surface area contributed by atoms with Crippen LogP contribution in [0.1, 0.15) is 41.6 Å². The fourth-order valence-corrected chi connectivity index (χ4v) is 2.17. The monoisotopic (exact) mass is 223 g/mol. The zero-order chi connectivity index (χ0) is 12.3. The zero-order valence-electron chi connectivity index (χ0n) is 10.8. The molecule has 0 spiro atoms. The van der Waals surface area contributed by atoms with Gasteiger partial charge in [0.1, 0.15) is 0 Å². The van der Waals surface area contributed by atoms with Crippen LogP contribution in [0.15, 0.2) is 6.07 Å². The maximum Gasteiger partial charge on any atom is 0.151 e. The Kier molecular flexibility index (Phi) is 4.30. The average Bonchev–Trinajstić information content (AvgIpc) is 2.51. The number of carbonyl (C=O) groups is 1. The van der Waals surface area contributed by atoms with Crippen molar-refractivity contribution in [3.63, 3.8) is 0 Å². The van der Waals surface area contributed by atoms with Gasteiger partial charge in [-0.15, -0.1) is 0 Å². The number of aromatic nitrogens is 1. The van der Waals surface area contributed by atoms with Crippen molar-refractivity contribution in [2.24, 2.45) is 5.92 Å². The molecule has 1 aromatic heterocycles. The van der Waals surface area contributed by atoms with Crippen LogP contribution < -0.4 is 0 Å². The minimum atomic E-state index is 0.290. The van der Waals surface area contributed by atoms with E-state index in [-0.39, 0.29) is 0 Å². The van der Waals surface area contributed by atoms with Crippen molar-refractivity contribution in [3.05, 3.63) is 23.0 Å². The van der Waals surface area contributed by atoms with Gasteiger partial charge in [0.05, 0.1) is 12.6 Å². The number of hydrogen-bond acceptors (Lipinski definition) is 2. The summed E-state index contributed by atoms with van der Waals surface area (Å²) in [6.07, 6.45) is 0.920. The Hall–Kier alpha value is -1.09. The Bertz CT molecular complexity index is 366. The number of nitrogens with zero attached hydrogens (tertiary/aromatic N) is 1. The van der Waals surface area contributed by atoms with Crippen molar-refractivity contribution in [3.8, 4) is 0 Å². The van der Waals surface area contributed by atoms with Crippen LogP contribution in [0.5, 0.6) is 0 Å². The van der Waals surface area contributed by atoms with Gasteiger partial charge >= 0.3 is 0 Å². The van der Waals surface area contributed by atoms with Crippen molar-refractivity contribution >= 4 is 6.29 Å². The Balaban J connectivity index is 3.17. The van der Waals surface area contributed by atoms with Crippen LogP contribution in [-0.4, -0.2) is 24.6 Å². The summed E-state index contributed by atoms with van der Waals surface area (Å²) in [5, 5.41) is 0. The molecule has 0 saturated carbocycles. The van der Waals surface area contributed by atoms with Gasteiger partial charge in [-0.3, -0.25) is 4.79 Å². The van der Waals surface area contributed by atoms with Crippen molar-refractivity contribution in [1.82, 2.24) is 4.57 Å². The number of aryl methyl sites for hydroxylation is 1. The lowest BCUT2D eigenvalue weighted by atomic mass is 10.0. The maximum atomic E-state index is 10.9. The molecular weight excluding hydrogens is 202 g/mol. The van der Waals surface area contributed by atoms with Gasteiger partial charge in [0.15, 0.2) is 6.29 Å². The topological polar surface area (TPSA) is 31.2 Å². The summed E-state index contributed by atoms with van der Waals surface area (Å²) in [5.41, 5.74) is 2.93. The first-order valence-corrected chi connectivity index (χ1v) is 5.65. The molecular formula is C13H21NO2. The third kappa shape index (κ3) is 2.35. The molecule has 0 radical (unpaired) electrons. The van der Waals surface area contributed by atoms with E-state index < -0.39 is 0 Å². The molecule has 0 amide bonds. The van der Waals surface area contributed by atoms with Crippen molar-refractivity contribution in [2.45, 2.75) is 33.7 Å². The molecule has 1 unspecified atom stereocenters. The highest BCUT2D eigenvalue weighted by Gasteiger charge is 2.20. The highest BCUT2D eigenvalue weighted by molar-refractivity contribution is 5.77. The van der Waals surface area contributed by atoms with Crippen molar-refractivity contribution < 1.29 is 9.53 Å². The normalized spacial score (nSPS) is 13.1. The summed E-state index contributed by atoms with van der Waals surface area (Å²) in [4.78, 5) is 10.9. The molecule has 3 heteroatoms. The van der Waals surface area contributed by atoms with Gasteiger partial charge in [0.25, 0.3) is 0 Å². The van der Waals surface area contributed by atoms with Gasteiger partial charge in [-0.05, 0) is 25.8 Å². The summed E-state index contributed by atoms with van der Waals surface area (Å²) >= 11 is 0. The van der Waals surface area contributed by atoms with E-state index in [0.29, 0.717) is 18.6 Å². The van der Waals surface area contributed by atoms with Gasteiger partial charge in [0.2, 0.25) is 0 Å². The van der Waals surface area contributed by atoms with Crippen LogP contribution in [0.4, 0.5) is 0 Å². The van der Waals surface area contributed by atoms with Crippen molar-refractivity contribution in [2.75, 3.05) is 13.7 Å². The van der Waals surface area contributed by atoms with Crippen LogP contribution in [0.3, 0.4) is 0 Å². The number of aldehydes is 1. The first kappa shape index (κ1) is 13.0. The van der Waals surface area contributed by atoms with Crippen LogP contribution in [0, 0.1) is 19.8 Å². The van der Waals surface area contributed by atoms with E-state index in [0.717, 1.165) is 23.2 Å². The molecule has 1 rings (SSSR count). The third-order valence-electron chi connectivity index (χ3n) is 3.09. The molecule has 0 N–H and O–H groups in total. The van der Waals surface area contributed by atoms with E-state index in [2.05, 4.69) is 18.4 Å². The van der Waals surface area contributed by atoms with E-state index in [1.165, 1.54) is 0 Å². The number of ether oxygens (including phenoxy) is 1. The lowest BCUT2D eigenvalue weighted by Gasteiger charge is -2.25. The Morgan fingerprint density at radius 2 is 2.06 bits per heavy atom. The van der Waals surface area contributed by atoms with Crippen LogP contribution in [0.2, 0.25) is 0 Å². The van der Waals surface area contributed by atoms with E-state index in [9.17, 15) is 4.79 Å². The second-order valence-electron chi connectivity index (χ2n) is 4.58. The van der Waals surface area contributed by atoms with Crippen LogP contribution in [0.25, 0.3) is 0 Å². The molecule has 0 aliphatic rings. The molecule has 0 aliphatic carbocycles. The van der Waals surface area contributed by atoms with E-state index in [4.69, 9.17) is 4.74 Å². The highest BCUT2D eigenvalue weighted by atomic mass is 16.5. The summed E-state index contributed by atoms with van der Waals surface area (Å²) in [5.74, 6) is 0.476. The lowest BCUT2D eigenvalue weighted by Crippen LogP contribution is -2.22. The molecule has 90 valence electrons. The number of carbonyl (C=O) groups excluding carboxylic acids is 1. The van der Waals surface area contributed by atoms with Crippen LogP contribution >= 0.6 is 0 Å². The predicted octanol–water partition coefficient (Wildman–Crippen LogP) is 2.76. The van der Waals surface area contributed by atoms with Gasteiger partial charge in [-0.25, -0.2) is 0 Å². The van der Waals surface area contributed by atoms with Crippen LogP contribution in [-0.2, 0) is 4.74 Å². The second-order valence-corrected chi connectivity index (χ2v) is 4.58. The summed E-state index contributed by atoms with van der Waals surface area (Å²) in [7, 11) is 1.71. The number of methoxy groups -OCH3 is 1.